The zero-order chi connectivity index (χ0) is 18.7. The molecule has 148 valence electrons. The number of carbonyl (C=O) groups is 1. The maximum absolute atomic E-state index is 12.0. The molecule has 0 N–H and O–H groups in total. The molecule has 3 heterocycles. The van der Waals surface area contributed by atoms with Crippen LogP contribution >= 0.6 is 0 Å². The summed E-state index contributed by atoms with van der Waals surface area (Å²) in [6.07, 6.45) is 5.38. The van der Waals surface area contributed by atoms with Crippen LogP contribution in [0.4, 0.5) is 0 Å². The minimum Gasteiger partial charge on any atom is -0.376 e. The van der Waals surface area contributed by atoms with Crippen molar-refractivity contribution in [3.8, 4) is 0 Å². The number of piperidine rings is 1. The molecule has 0 aromatic heterocycles. The molecule has 3 aliphatic rings. The van der Waals surface area contributed by atoms with Gasteiger partial charge in [0.15, 0.2) is 0 Å². The molecule has 4 rings (SSSR count). The van der Waals surface area contributed by atoms with Gasteiger partial charge in [-0.15, -0.1) is 0 Å². The fraction of sp³-hybridized carbons (Fsp3) is 0.682. The Balaban J connectivity index is 1.29. The van der Waals surface area contributed by atoms with Gasteiger partial charge in [-0.05, 0) is 31.2 Å². The summed E-state index contributed by atoms with van der Waals surface area (Å²) in [4.78, 5) is 19.1. The maximum Gasteiger partial charge on any atom is 0.222 e. The van der Waals surface area contributed by atoms with Gasteiger partial charge in [0.05, 0.1) is 6.10 Å². The summed E-state index contributed by atoms with van der Waals surface area (Å²) >= 11 is 0. The summed E-state index contributed by atoms with van der Waals surface area (Å²) in [6.45, 7) is 7.17. The SMILES string of the molecule is CN1C(=O)CCC12CCN(C[C@@H]1CN(Cc3ccccc3)CCCO1)CC2. The lowest BCUT2D eigenvalue weighted by Crippen LogP contribution is -2.53. The van der Waals surface area contributed by atoms with E-state index in [1.54, 1.807) is 0 Å². The van der Waals surface area contributed by atoms with E-state index in [1.165, 1.54) is 5.56 Å². The quantitative estimate of drug-likeness (QED) is 0.814. The van der Waals surface area contributed by atoms with Crippen LogP contribution in [0.15, 0.2) is 30.3 Å². The number of carbonyl (C=O) groups excluding carboxylic acids is 1. The Morgan fingerprint density at radius 1 is 1.07 bits per heavy atom. The van der Waals surface area contributed by atoms with Crippen molar-refractivity contribution in [2.24, 2.45) is 0 Å². The lowest BCUT2D eigenvalue weighted by molar-refractivity contribution is -0.130. The summed E-state index contributed by atoms with van der Waals surface area (Å²) in [7, 11) is 2.00. The van der Waals surface area contributed by atoms with Crippen LogP contribution in [0.3, 0.4) is 0 Å². The number of benzene rings is 1. The molecule has 0 unspecified atom stereocenters. The average Bonchev–Trinajstić information content (AvgIpc) is 2.85. The molecule has 1 aromatic rings. The minimum atomic E-state index is 0.136. The Morgan fingerprint density at radius 3 is 2.56 bits per heavy atom. The Bertz CT molecular complexity index is 628. The zero-order valence-corrected chi connectivity index (χ0v) is 16.6. The number of hydrogen-bond acceptors (Lipinski definition) is 4. The van der Waals surface area contributed by atoms with Crippen molar-refractivity contribution in [1.82, 2.24) is 14.7 Å². The van der Waals surface area contributed by atoms with Gasteiger partial charge in [-0.25, -0.2) is 0 Å². The van der Waals surface area contributed by atoms with E-state index in [2.05, 4.69) is 40.1 Å². The van der Waals surface area contributed by atoms with Gasteiger partial charge in [0.1, 0.15) is 0 Å². The van der Waals surface area contributed by atoms with E-state index in [0.29, 0.717) is 5.91 Å². The second-order valence-corrected chi connectivity index (χ2v) is 8.54. The minimum absolute atomic E-state index is 0.136. The number of nitrogens with zero attached hydrogens (tertiary/aromatic N) is 3. The molecule has 27 heavy (non-hydrogen) atoms. The molecule has 0 bridgehead atoms. The van der Waals surface area contributed by atoms with Gasteiger partial charge in [-0.1, -0.05) is 30.3 Å². The molecule has 1 amide bonds. The Morgan fingerprint density at radius 2 is 1.85 bits per heavy atom. The first kappa shape index (κ1) is 18.9. The summed E-state index contributed by atoms with van der Waals surface area (Å²) in [5.74, 6) is 0.326. The summed E-state index contributed by atoms with van der Waals surface area (Å²) in [6, 6.07) is 10.7. The normalized spacial score (nSPS) is 27.2. The van der Waals surface area contributed by atoms with E-state index < -0.39 is 0 Å². The highest BCUT2D eigenvalue weighted by atomic mass is 16.5. The number of hydrogen-bond donors (Lipinski definition) is 0. The first-order valence-corrected chi connectivity index (χ1v) is 10.5. The third kappa shape index (κ3) is 4.36. The molecule has 3 saturated heterocycles. The number of rotatable bonds is 4. The van der Waals surface area contributed by atoms with Gasteiger partial charge in [-0.3, -0.25) is 9.69 Å². The van der Waals surface area contributed by atoms with Crippen LogP contribution in [-0.2, 0) is 16.1 Å². The zero-order valence-electron chi connectivity index (χ0n) is 16.6. The molecule has 3 fully saturated rings. The lowest BCUT2D eigenvalue weighted by atomic mass is 9.85. The fourth-order valence-electron chi connectivity index (χ4n) is 5.03. The smallest absolute Gasteiger partial charge is 0.222 e. The Kier molecular flexibility index (Phi) is 5.81. The molecule has 1 aromatic carbocycles. The molecular weight excluding hydrogens is 338 g/mol. The molecule has 1 atom stereocenters. The van der Waals surface area contributed by atoms with Gasteiger partial charge in [0.25, 0.3) is 0 Å². The Hall–Kier alpha value is -1.43. The van der Waals surface area contributed by atoms with Crippen molar-refractivity contribution in [2.45, 2.75) is 50.3 Å². The highest BCUT2D eigenvalue weighted by Crippen LogP contribution is 2.37. The van der Waals surface area contributed by atoms with Crippen molar-refractivity contribution < 1.29 is 9.53 Å². The average molecular weight is 372 g/mol. The van der Waals surface area contributed by atoms with Crippen molar-refractivity contribution in [3.63, 3.8) is 0 Å². The topological polar surface area (TPSA) is 36.0 Å². The van der Waals surface area contributed by atoms with Crippen LogP contribution in [0, 0.1) is 0 Å². The van der Waals surface area contributed by atoms with Crippen LogP contribution in [0.25, 0.3) is 0 Å². The molecule has 0 saturated carbocycles. The standard InChI is InChI=1S/C22H33N3O2/c1-23-21(26)8-9-22(23)10-13-24(14-11-22)17-20-18-25(12-5-15-27-20)16-19-6-3-2-4-7-19/h2-4,6-7,20H,5,8-18H2,1H3/t20-/m1/s1. The van der Waals surface area contributed by atoms with E-state index in [0.717, 1.165) is 78.0 Å². The first-order chi connectivity index (χ1) is 13.1. The summed E-state index contributed by atoms with van der Waals surface area (Å²) in [5, 5.41) is 0. The largest absolute Gasteiger partial charge is 0.376 e. The molecule has 0 aliphatic carbocycles. The number of ether oxygens (including phenoxy) is 1. The second kappa shape index (κ2) is 8.29. The molecule has 5 nitrogen and oxygen atoms in total. The van der Waals surface area contributed by atoms with E-state index >= 15 is 0 Å². The molecule has 5 heteroatoms. The maximum atomic E-state index is 12.0. The van der Waals surface area contributed by atoms with Crippen LogP contribution in [0.1, 0.15) is 37.7 Å². The molecular formula is C22H33N3O2. The predicted octanol–water partition coefficient (Wildman–Crippen LogP) is 2.36. The van der Waals surface area contributed by atoms with Crippen LogP contribution in [0.2, 0.25) is 0 Å². The van der Waals surface area contributed by atoms with E-state index in [-0.39, 0.29) is 11.6 Å². The van der Waals surface area contributed by atoms with Gasteiger partial charge >= 0.3 is 0 Å². The third-order valence-electron chi connectivity index (χ3n) is 6.82. The van der Waals surface area contributed by atoms with Crippen LogP contribution < -0.4 is 0 Å². The van der Waals surface area contributed by atoms with Crippen molar-refractivity contribution in [1.29, 1.82) is 0 Å². The van der Waals surface area contributed by atoms with Crippen LogP contribution in [-0.4, -0.2) is 78.6 Å². The fourth-order valence-corrected chi connectivity index (χ4v) is 5.03. The van der Waals surface area contributed by atoms with Crippen molar-refractivity contribution in [2.75, 3.05) is 46.4 Å². The van der Waals surface area contributed by atoms with E-state index in [1.807, 2.05) is 11.9 Å². The lowest BCUT2D eigenvalue weighted by Gasteiger charge is -2.44. The summed E-state index contributed by atoms with van der Waals surface area (Å²) in [5.41, 5.74) is 1.52. The molecule has 3 aliphatic heterocycles. The number of likely N-dealkylation sites (tertiary alicyclic amines) is 2. The van der Waals surface area contributed by atoms with Crippen molar-refractivity contribution >= 4 is 5.91 Å². The van der Waals surface area contributed by atoms with Gasteiger partial charge in [0, 0.05) is 64.9 Å². The van der Waals surface area contributed by atoms with E-state index in [9.17, 15) is 4.79 Å². The predicted molar refractivity (Wildman–Crippen MR) is 106 cm³/mol. The van der Waals surface area contributed by atoms with Gasteiger partial charge < -0.3 is 14.5 Å². The second-order valence-electron chi connectivity index (χ2n) is 8.54. The van der Waals surface area contributed by atoms with Gasteiger partial charge in [0.2, 0.25) is 5.91 Å². The first-order valence-electron chi connectivity index (χ1n) is 10.5. The van der Waals surface area contributed by atoms with Crippen LogP contribution in [0.5, 0.6) is 0 Å². The van der Waals surface area contributed by atoms with Gasteiger partial charge in [-0.2, -0.15) is 0 Å². The molecule has 0 radical (unpaired) electrons. The third-order valence-corrected chi connectivity index (χ3v) is 6.82. The summed E-state index contributed by atoms with van der Waals surface area (Å²) < 4.78 is 6.18. The number of amides is 1. The highest BCUT2D eigenvalue weighted by Gasteiger charge is 2.44. The Labute approximate surface area is 163 Å². The van der Waals surface area contributed by atoms with Crippen molar-refractivity contribution in [3.05, 3.63) is 35.9 Å². The monoisotopic (exact) mass is 371 g/mol. The van der Waals surface area contributed by atoms with E-state index in [4.69, 9.17) is 4.74 Å². The highest BCUT2D eigenvalue weighted by molar-refractivity contribution is 5.79. The molecule has 1 spiro atoms.